The van der Waals surface area contributed by atoms with E-state index in [4.69, 9.17) is 0 Å². The number of anilines is 1. The molecule has 27 heavy (non-hydrogen) atoms. The van der Waals surface area contributed by atoms with Crippen LogP contribution in [0.2, 0.25) is 0 Å². The van der Waals surface area contributed by atoms with Crippen molar-refractivity contribution in [2.24, 2.45) is 0 Å². The second-order valence-corrected chi connectivity index (χ2v) is 6.03. The molecule has 0 aliphatic heterocycles. The highest BCUT2D eigenvalue weighted by Gasteiger charge is 2.51. The van der Waals surface area contributed by atoms with Gasteiger partial charge >= 0.3 is 6.18 Å². The predicted octanol–water partition coefficient (Wildman–Crippen LogP) is 2.98. The van der Waals surface area contributed by atoms with Crippen molar-refractivity contribution >= 4 is 17.5 Å². The van der Waals surface area contributed by atoms with Crippen molar-refractivity contribution in [1.82, 2.24) is 4.90 Å². The highest BCUT2D eigenvalue weighted by atomic mass is 19.4. The predicted molar refractivity (Wildman–Crippen MR) is 83.1 cm³/mol. The van der Waals surface area contributed by atoms with Gasteiger partial charge in [-0.1, -0.05) is 6.92 Å². The van der Waals surface area contributed by atoms with Gasteiger partial charge < -0.3 is 15.3 Å². The average molecular weight is 400 g/mol. The number of carbonyl (C=O) groups excluding carboxylic acids is 2. The number of aliphatic hydroxyl groups is 1. The lowest BCUT2D eigenvalue weighted by atomic mass is 10.0. The molecule has 1 aromatic carbocycles. The maximum absolute atomic E-state index is 13.6. The molecule has 0 bridgehead atoms. The summed E-state index contributed by atoms with van der Waals surface area (Å²) in [5.41, 5.74) is -3.98. The molecular formula is C16H18F6N2O3. The van der Waals surface area contributed by atoms with Crippen molar-refractivity contribution in [3.8, 4) is 0 Å². The van der Waals surface area contributed by atoms with Crippen LogP contribution in [-0.2, 0) is 9.59 Å². The molecule has 1 rings (SSSR count). The highest BCUT2D eigenvalue weighted by Crippen LogP contribution is 2.33. The minimum Gasteiger partial charge on any atom is -0.380 e. The van der Waals surface area contributed by atoms with Crippen LogP contribution in [0.1, 0.15) is 26.7 Å². The lowest BCUT2D eigenvalue weighted by molar-refractivity contribution is -0.254. The van der Waals surface area contributed by atoms with Crippen molar-refractivity contribution in [3.63, 3.8) is 0 Å². The van der Waals surface area contributed by atoms with Gasteiger partial charge in [-0.05, 0) is 25.5 Å². The maximum Gasteiger partial charge on any atom is 0.417 e. The Morgan fingerprint density at radius 3 is 2.26 bits per heavy atom. The van der Waals surface area contributed by atoms with E-state index in [0.29, 0.717) is 13.0 Å². The van der Waals surface area contributed by atoms with E-state index in [2.05, 4.69) is 0 Å². The zero-order chi connectivity index (χ0) is 21.0. The van der Waals surface area contributed by atoms with Crippen molar-refractivity contribution in [2.45, 2.75) is 38.5 Å². The fourth-order valence-corrected chi connectivity index (χ4v) is 2.05. The van der Waals surface area contributed by atoms with Gasteiger partial charge in [-0.2, -0.15) is 13.2 Å². The van der Waals surface area contributed by atoms with Gasteiger partial charge in [-0.25, -0.2) is 13.2 Å². The number of amides is 2. The number of hydrogen-bond donors (Lipinski definition) is 2. The number of rotatable bonds is 7. The first-order valence-corrected chi connectivity index (χ1v) is 7.80. The van der Waals surface area contributed by atoms with Crippen LogP contribution in [0.5, 0.6) is 0 Å². The fourth-order valence-electron chi connectivity index (χ4n) is 2.05. The van der Waals surface area contributed by atoms with E-state index < -0.39 is 59.7 Å². The van der Waals surface area contributed by atoms with E-state index >= 15 is 0 Å². The van der Waals surface area contributed by atoms with Crippen LogP contribution in [0.3, 0.4) is 0 Å². The van der Waals surface area contributed by atoms with E-state index in [1.165, 1.54) is 0 Å². The molecule has 0 saturated heterocycles. The number of hydrogen-bond acceptors (Lipinski definition) is 3. The molecule has 1 atom stereocenters. The topological polar surface area (TPSA) is 69.6 Å². The third-order valence-corrected chi connectivity index (χ3v) is 3.60. The van der Waals surface area contributed by atoms with Crippen LogP contribution in [0.15, 0.2) is 12.1 Å². The molecular weight excluding hydrogens is 382 g/mol. The zero-order valence-electron chi connectivity index (χ0n) is 14.5. The third kappa shape index (κ3) is 5.84. The number of nitrogens with zero attached hydrogens (tertiary/aromatic N) is 1. The van der Waals surface area contributed by atoms with Crippen LogP contribution >= 0.6 is 0 Å². The lowest BCUT2D eigenvalue weighted by Crippen LogP contribution is -2.48. The molecule has 0 aliphatic rings. The standard InChI is InChI=1S/C16H18F6N2O3/c1-3-6-24(12(26)7-15(2,27)16(20,21)22)8-11(25)23-10-5-4-9(17)13(18)14(10)19/h4-5,27H,3,6-8H2,1-2H3,(H,23,25)/t15-/m1/s1. The first kappa shape index (κ1) is 22.7. The SMILES string of the molecule is CCCN(CC(=O)Nc1ccc(F)c(F)c1F)C(=O)C[C@@](C)(O)C(F)(F)F. The van der Waals surface area contributed by atoms with Gasteiger partial charge in [0, 0.05) is 6.54 Å². The Balaban J connectivity index is 2.86. The quantitative estimate of drug-likeness (QED) is 0.546. The average Bonchev–Trinajstić information content (AvgIpc) is 2.53. The molecule has 1 aromatic rings. The van der Waals surface area contributed by atoms with Crippen LogP contribution < -0.4 is 5.32 Å². The van der Waals surface area contributed by atoms with Crippen LogP contribution in [0.4, 0.5) is 32.0 Å². The largest absolute Gasteiger partial charge is 0.417 e. The zero-order valence-corrected chi connectivity index (χ0v) is 14.5. The molecule has 0 heterocycles. The summed E-state index contributed by atoms with van der Waals surface area (Å²) >= 11 is 0. The maximum atomic E-state index is 13.6. The van der Waals surface area contributed by atoms with Gasteiger partial charge in [-0.15, -0.1) is 0 Å². The molecule has 11 heteroatoms. The number of carbonyl (C=O) groups is 2. The molecule has 152 valence electrons. The summed E-state index contributed by atoms with van der Waals surface area (Å²) in [5.74, 6) is -7.12. The van der Waals surface area contributed by atoms with E-state index in [9.17, 15) is 41.0 Å². The minimum atomic E-state index is -5.06. The summed E-state index contributed by atoms with van der Waals surface area (Å²) in [6, 6.07) is 1.33. The molecule has 0 aromatic heterocycles. The van der Waals surface area contributed by atoms with Gasteiger partial charge in [0.05, 0.1) is 18.7 Å². The third-order valence-electron chi connectivity index (χ3n) is 3.60. The van der Waals surface area contributed by atoms with Crippen molar-refractivity contribution in [2.75, 3.05) is 18.4 Å². The van der Waals surface area contributed by atoms with Gasteiger partial charge in [0.15, 0.2) is 23.1 Å². The molecule has 0 saturated carbocycles. The molecule has 2 amide bonds. The van der Waals surface area contributed by atoms with E-state index in [1.807, 2.05) is 5.32 Å². The second-order valence-electron chi connectivity index (χ2n) is 6.03. The summed E-state index contributed by atoms with van der Waals surface area (Å²) < 4.78 is 77.7. The normalized spacial score (nSPS) is 13.8. The summed E-state index contributed by atoms with van der Waals surface area (Å²) in [4.78, 5) is 24.7. The monoisotopic (exact) mass is 400 g/mol. The second kappa shape index (κ2) is 8.59. The molecule has 0 unspecified atom stereocenters. The van der Waals surface area contributed by atoms with E-state index in [-0.39, 0.29) is 13.0 Å². The Morgan fingerprint density at radius 1 is 1.15 bits per heavy atom. The van der Waals surface area contributed by atoms with E-state index in [1.54, 1.807) is 6.92 Å². The Bertz CT molecular complexity index is 706. The first-order valence-electron chi connectivity index (χ1n) is 7.80. The highest BCUT2D eigenvalue weighted by molar-refractivity contribution is 5.94. The van der Waals surface area contributed by atoms with E-state index in [0.717, 1.165) is 11.0 Å². The molecule has 5 nitrogen and oxygen atoms in total. The van der Waals surface area contributed by atoms with Crippen molar-refractivity contribution in [3.05, 3.63) is 29.6 Å². The molecule has 0 spiro atoms. The minimum absolute atomic E-state index is 0.111. The smallest absolute Gasteiger partial charge is 0.380 e. The summed E-state index contributed by atoms with van der Waals surface area (Å²) in [6.07, 6.45) is -6.09. The lowest BCUT2D eigenvalue weighted by Gasteiger charge is -2.29. The molecule has 2 N–H and O–H groups in total. The molecule has 0 radical (unpaired) electrons. The number of benzene rings is 1. The number of alkyl halides is 3. The van der Waals surface area contributed by atoms with Crippen molar-refractivity contribution < 1.29 is 41.0 Å². The number of halogens is 6. The first-order chi connectivity index (χ1) is 12.3. The van der Waals surface area contributed by atoms with Crippen LogP contribution in [0, 0.1) is 17.5 Å². The van der Waals surface area contributed by atoms with Crippen molar-refractivity contribution in [1.29, 1.82) is 0 Å². The Morgan fingerprint density at radius 2 is 1.74 bits per heavy atom. The Hall–Kier alpha value is -2.30. The van der Waals surface area contributed by atoms with Crippen LogP contribution in [-0.4, -0.2) is 46.7 Å². The fraction of sp³-hybridized carbons (Fsp3) is 0.500. The molecule has 0 aliphatic carbocycles. The Kier molecular flexibility index (Phi) is 7.24. The van der Waals surface area contributed by atoms with Crippen LogP contribution in [0.25, 0.3) is 0 Å². The van der Waals surface area contributed by atoms with Gasteiger partial charge in [0.2, 0.25) is 11.8 Å². The summed E-state index contributed by atoms with van der Waals surface area (Å²) in [6.45, 7) is 1.14. The van der Waals surface area contributed by atoms with Gasteiger partial charge in [0.25, 0.3) is 0 Å². The van der Waals surface area contributed by atoms with Gasteiger partial charge in [0.1, 0.15) is 0 Å². The molecule has 0 fully saturated rings. The number of nitrogens with one attached hydrogen (secondary N) is 1. The van der Waals surface area contributed by atoms with Gasteiger partial charge in [-0.3, -0.25) is 9.59 Å². The summed E-state index contributed by atoms with van der Waals surface area (Å²) in [7, 11) is 0. The summed E-state index contributed by atoms with van der Waals surface area (Å²) in [5, 5.41) is 11.3. The Labute approximate surface area is 151 Å².